The van der Waals surface area contributed by atoms with Gasteiger partial charge in [-0.2, -0.15) is 0 Å². The lowest BCUT2D eigenvalue weighted by Crippen LogP contribution is -2.28. The molecule has 0 saturated heterocycles. The van der Waals surface area contributed by atoms with Crippen LogP contribution in [-0.2, 0) is 6.54 Å². The largest absolute Gasteiger partial charge is 0.457 e. The zero-order chi connectivity index (χ0) is 21.5. The highest BCUT2D eigenvalue weighted by Gasteiger charge is 2.09. The molecule has 8 heteroatoms. The van der Waals surface area contributed by atoms with E-state index in [1.807, 2.05) is 38.1 Å². The fraction of sp³-hybridized carbons (Fsp3) is 0.182. The Bertz CT molecular complexity index is 1070. The van der Waals surface area contributed by atoms with Gasteiger partial charge in [0, 0.05) is 32.1 Å². The van der Waals surface area contributed by atoms with Crippen molar-refractivity contribution in [1.82, 2.24) is 20.6 Å². The van der Waals surface area contributed by atoms with Gasteiger partial charge in [0.15, 0.2) is 0 Å². The topological polar surface area (TPSA) is 105 Å². The summed E-state index contributed by atoms with van der Waals surface area (Å²) in [4.78, 5) is 31.9. The summed E-state index contributed by atoms with van der Waals surface area (Å²) in [5.74, 6) is 1.39. The second-order valence-corrected chi connectivity index (χ2v) is 6.68. The first kappa shape index (κ1) is 20.8. The molecule has 1 aromatic carbocycles. The Hall–Kier alpha value is -3.94. The zero-order valence-electron chi connectivity index (χ0n) is 17.0. The van der Waals surface area contributed by atoms with Crippen LogP contribution in [-0.4, -0.2) is 29.0 Å². The van der Waals surface area contributed by atoms with E-state index in [-0.39, 0.29) is 17.6 Å². The van der Waals surface area contributed by atoms with Gasteiger partial charge >= 0.3 is 6.03 Å². The second-order valence-electron chi connectivity index (χ2n) is 6.68. The molecule has 0 saturated carbocycles. The van der Waals surface area contributed by atoms with Gasteiger partial charge in [0.05, 0.1) is 0 Å². The Morgan fingerprint density at radius 3 is 2.53 bits per heavy atom. The van der Waals surface area contributed by atoms with Gasteiger partial charge in [-0.05, 0) is 54.8 Å². The Labute approximate surface area is 174 Å². The molecule has 0 aliphatic rings. The molecule has 0 radical (unpaired) electrons. The van der Waals surface area contributed by atoms with Crippen molar-refractivity contribution in [3.8, 4) is 11.5 Å². The molecule has 0 fully saturated rings. The highest BCUT2D eigenvalue weighted by atomic mass is 16.5. The number of anilines is 1. The van der Waals surface area contributed by atoms with E-state index in [1.165, 1.54) is 6.20 Å². The highest BCUT2D eigenvalue weighted by Crippen LogP contribution is 2.26. The molecule has 3 aromatic rings. The van der Waals surface area contributed by atoms with Crippen molar-refractivity contribution < 1.29 is 14.3 Å². The molecule has 2 aromatic heterocycles. The number of benzene rings is 1. The predicted octanol–water partition coefficient (Wildman–Crippen LogP) is 3.57. The number of rotatable bonds is 6. The summed E-state index contributed by atoms with van der Waals surface area (Å²) in [5.41, 5.74) is 3.12. The van der Waals surface area contributed by atoms with Crippen LogP contribution in [0.2, 0.25) is 0 Å². The van der Waals surface area contributed by atoms with Crippen LogP contribution in [0.3, 0.4) is 0 Å². The number of carbonyl (C=O) groups is 2. The number of carbonyl (C=O) groups excluding carboxylic acids is 2. The number of aryl methyl sites for hydroxylation is 2. The quantitative estimate of drug-likeness (QED) is 0.581. The van der Waals surface area contributed by atoms with Crippen LogP contribution in [0, 0.1) is 13.8 Å². The van der Waals surface area contributed by atoms with Gasteiger partial charge in [-0.15, -0.1) is 0 Å². The van der Waals surface area contributed by atoms with Crippen LogP contribution < -0.4 is 20.7 Å². The molecule has 0 unspecified atom stereocenters. The average Bonchev–Trinajstić information content (AvgIpc) is 2.73. The first-order chi connectivity index (χ1) is 14.4. The SMILES string of the molecule is CNC(=O)c1cc(Oc2ccc(CNC(=O)Nc3cc(C)ccn3)cc2C)ccn1. The molecular formula is C22H23N5O3. The first-order valence-corrected chi connectivity index (χ1v) is 9.37. The average molecular weight is 405 g/mol. The van der Waals surface area contributed by atoms with Crippen molar-refractivity contribution in [3.05, 3.63) is 77.2 Å². The van der Waals surface area contributed by atoms with Crippen molar-refractivity contribution in [2.45, 2.75) is 20.4 Å². The lowest BCUT2D eigenvalue weighted by molar-refractivity contribution is 0.0958. The normalized spacial score (nSPS) is 10.2. The molecule has 0 atom stereocenters. The number of aromatic nitrogens is 2. The summed E-state index contributed by atoms with van der Waals surface area (Å²) in [6, 6.07) is 12.2. The van der Waals surface area contributed by atoms with Crippen LogP contribution >= 0.6 is 0 Å². The summed E-state index contributed by atoms with van der Waals surface area (Å²) < 4.78 is 5.89. The maximum absolute atomic E-state index is 12.1. The Kier molecular flexibility index (Phi) is 6.59. The molecule has 3 amide bonds. The molecule has 154 valence electrons. The van der Waals surface area contributed by atoms with Crippen molar-refractivity contribution in [1.29, 1.82) is 0 Å². The lowest BCUT2D eigenvalue weighted by Gasteiger charge is -2.12. The number of ether oxygens (including phenoxy) is 1. The van der Waals surface area contributed by atoms with E-state index >= 15 is 0 Å². The van der Waals surface area contributed by atoms with E-state index in [0.29, 0.717) is 23.9 Å². The maximum atomic E-state index is 12.1. The number of nitrogens with one attached hydrogen (secondary N) is 3. The first-order valence-electron chi connectivity index (χ1n) is 9.37. The van der Waals surface area contributed by atoms with Gasteiger partial charge in [0.25, 0.3) is 5.91 Å². The minimum absolute atomic E-state index is 0.280. The van der Waals surface area contributed by atoms with E-state index in [1.54, 1.807) is 31.4 Å². The Balaban J connectivity index is 1.60. The zero-order valence-corrected chi connectivity index (χ0v) is 17.0. The molecule has 30 heavy (non-hydrogen) atoms. The van der Waals surface area contributed by atoms with E-state index in [0.717, 1.165) is 16.7 Å². The molecule has 0 aliphatic carbocycles. The molecule has 8 nitrogen and oxygen atoms in total. The number of pyridine rings is 2. The summed E-state index contributed by atoms with van der Waals surface area (Å²) in [5, 5.41) is 8.04. The molecular weight excluding hydrogens is 382 g/mol. The molecule has 2 heterocycles. The lowest BCUT2D eigenvalue weighted by atomic mass is 10.1. The highest BCUT2D eigenvalue weighted by molar-refractivity contribution is 5.92. The van der Waals surface area contributed by atoms with E-state index in [2.05, 4.69) is 25.9 Å². The van der Waals surface area contributed by atoms with Crippen LogP contribution in [0.15, 0.2) is 54.9 Å². The van der Waals surface area contributed by atoms with Gasteiger partial charge in [-0.3, -0.25) is 15.1 Å². The fourth-order valence-electron chi connectivity index (χ4n) is 2.74. The van der Waals surface area contributed by atoms with E-state index in [9.17, 15) is 9.59 Å². The summed E-state index contributed by atoms with van der Waals surface area (Å²) >= 11 is 0. The number of hydrogen-bond donors (Lipinski definition) is 3. The van der Waals surface area contributed by atoms with Crippen LogP contribution in [0.1, 0.15) is 27.2 Å². The van der Waals surface area contributed by atoms with Crippen LogP contribution in [0.25, 0.3) is 0 Å². The predicted molar refractivity (Wildman–Crippen MR) is 114 cm³/mol. The van der Waals surface area contributed by atoms with Gasteiger partial charge in [0.1, 0.15) is 23.0 Å². The number of hydrogen-bond acceptors (Lipinski definition) is 5. The minimum atomic E-state index is -0.329. The van der Waals surface area contributed by atoms with Crippen molar-refractivity contribution in [3.63, 3.8) is 0 Å². The van der Waals surface area contributed by atoms with Crippen LogP contribution in [0.4, 0.5) is 10.6 Å². The maximum Gasteiger partial charge on any atom is 0.320 e. The third-order valence-corrected chi connectivity index (χ3v) is 4.27. The molecule has 3 N–H and O–H groups in total. The third kappa shape index (κ3) is 5.54. The molecule has 3 rings (SSSR count). The molecule has 0 aliphatic heterocycles. The van der Waals surface area contributed by atoms with Crippen molar-refractivity contribution in [2.75, 3.05) is 12.4 Å². The van der Waals surface area contributed by atoms with E-state index < -0.39 is 0 Å². The Morgan fingerprint density at radius 1 is 1.00 bits per heavy atom. The van der Waals surface area contributed by atoms with Gasteiger partial charge in [-0.25, -0.2) is 9.78 Å². The van der Waals surface area contributed by atoms with Gasteiger partial charge < -0.3 is 15.4 Å². The van der Waals surface area contributed by atoms with Crippen LogP contribution in [0.5, 0.6) is 11.5 Å². The molecule has 0 bridgehead atoms. The van der Waals surface area contributed by atoms with Crippen molar-refractivity contribution >= 4 is 17.8 Å². The van der Waals surface area contributed by atoms with Crippen molar-refractivity contribution in [2.24, 2.45) is 0 Å². The smallest absolute Gasteiger partial charge is 0.320 e. The third-order valence-electron chi connectivity index (χ3n) is 4.27. The van der Waals surface area contributed by atoms with Gasteiger partial charge in [-0.1, -0.05) is 12.1 Å². The van der Waals surface area contributed by atoms with Gasteiger partial charge in [0.2, 0.25) is 0 Å². The minimum Gasteiger partial charge on any atom is -0.457 e. The number of nitrogens with zero attached hydrogens (tertiary/aromatic N) is 2. The fourth-order valence-corrected chi connectivity index (χ4v) is 2.74. The Morgan fingerprint density at radius 2 is 1.80 bits per heavy atom. The second kappa shape index (κ2) is 9.51. The molecule has 0 spiro atoms. The monoisotopic (exact) mass is 405 g/mol. The summed E-state index contributed by atoms with van der Waals surface area (Å²) in [6.45, 7) is 4.20. The summed E-state index contributed by atoms with van der Waals surface area (Å²) in [6.07, 6.45) is 3.17. The number of amides is 3. The standard InChI is InChI=1S/C22H23N5O3/c1-14-6-8-25-20(10-14)27-22(29)26-13-16-4-5-19(15(2)11-16)30-17-7-9-24-18(12-17)21(28)23-3/h4-12H,13H2,1-3H3,(H,23,28)(H2,25,26,27,29). The summed E-state index contributed by atoms with van der Waals surface area (Å²) in [7, 11) is 1.55. The number of urea groups is 1. The van der Waals surface area contributed by atoms with E-state index in [4.69, 9.17) is 4.74 Å².